The summed E-state index contributed by atoms with van der Waals surface area (Å²) in [6, 6.07) is 14.0. The molecule has 0 unspecified atom stereocenters. The van der Waals surface area contributed by atoms with Gasteiger partial charge < -0.3 is 15.1 Å². The Kier molecular flexibility index (Phi) is 6.06. The molecule has 3 rings (SSSR count). The highest BCUT2D eigenvalue weighted by Crippen LogP contribution is 2.17. The van der Waals surface area contributed by atoms with Gasteiger partial charge in [-0.25, -0.2) is 4.39 Å². The molecule has 0 bridgehead atoms. The van der Waals surface area contributed by atoms with Gasteiger partial charge in [-0.3, -0.25) is 9.59 Å². The second kappa shape index (κ2) is 8.66. The Labute approximate surface area is 158 Å². The number of hydrogen-bond acceptors (Lipinski definition) is 3. The van der Waals surface area contributed by atoms with Crippen LogP contribution in [0.25, 0.3) is 0 Å². The van der Waals surface area contributed by atoms with Gasteiger partial charge in [0.25, 0.3) is 0 Å². The summed E-state index contributed by atoms with van der Waals surface area (Å²) in [5.41, 5.74) is 2.84. The number of carbonyl (C=O) groups is 2. The van der Waals surface area contributed by atoms with E-state index in [0.29, 0.717) is 31.9 Å². The van der Waals surface area contributed by atoms with Crippen molar-refractivity contribution in [2.75, 3.05) is 36.4 Å². The molecule has 0 atom stereocenters. The normalized spacial score (nSPS) is 14.1. The topological polar surface area (TPSA) is 52.7 Å². The molecule has 1 heterocycles. The highest BCUT2D eigenvalue weighted by atomic mass is 19.1. The van der Waals surface area contributed by atoms with Crippen molar-refractivity contribution in [3.8, 4) is 0 Å². The number of carbonyl (C=O) groups excluding carboxylic acids is 2. The molecule has 27 heavy (non-hydrogen) atoms. The summed E-state index contributed by atoms with van der Waals surface area (Å²) in [7, 11) is 0. The Hall–Kier alpha value is -2.89. The maximum absolute atomic E-state index is 13.0. The lowest BCUT2D eigenvalue weighted by Crippen LogP contribution is -2.49. The van der Waals surface area contributed by atoms with Crippen molar-refractivity contribution in [3.05, 3.63) is 59.9 Å². The van der Waals surface area contributed by atoms with Gasteiger partial charge in [0.15, 0.2) is 0 Å². The SMILES string of the molecule is CCc1ccc(NC(=O)CC(=O)N2CCN(c3ccc(F)cc3)CC2)cc1. The molecule has 1 fully saturated rings. The van der Waals surface area contributed by atoms with Crippen molar-refractivity contribution in [2.24, 2.45) is 0 Å². The minimum atomic E-state index is -0.301. The standard InChI is InChI=1S/C21H24FN3O2/c1-2-16-3-7-18(8-4-16)23-20(26)15-21(27)25-13-11-24(12-14-25)19-9-5-17(22)6-10-19/h3-10H,2,11-15H2,1H3,(H,23,26). The summed E-state index contributed by atoms with van der Waals surface area (Å²) < 4.78 is 13.0. The Bertz CT molecular complexity index is 782. The van der Waals surface area contributed by atoms with E-state index in [2.05, 4.69) is 17.1 Å². The summed E-state index contributed by atoms with van der Waals surface area (Å²) in [4.78, 5) is 28.3. The molecule has 0 aliphatic carbocycles. The second-order valence-electron chi connectivity index (χ2n) is 6.62. The molecule has 2 aromatic carbocycles. The van der Waals surface area contributed by atoms with Crippen LogP contribution in [0.3, 0.4) is 0 Å². The van der Waals surface area contributed by atoms with E-state index in [1.54, 1.807) is 17.0 Å². The number of nitrogens with zero attached hydrogens (tertiary/aromatic N) is 2. The Morgan fingerprint density at radius 2 is 1.59 bits per heavy atom. The number of benzene rings is 2. The third-order valence-electron chi connectivity index (χ3n) is 4.78. The molecule has 0 radical (unpaired) electrons. The summed E-state index contributed by atoms with van der Waals surface area (Å²) >= 11 is 0. The maximum atomic E-state index is 13.0. The summed E-state index contributed by atoms with van der Waals surface area (Å²) in [5.74, 6) is -0.732. The Morgan fingerprint density at radius 3 is 2.19 bits per heavy atom. The predicted molar refractivity (Wildman–Crippen MR) is 104 cm³/mol. The fourth-order valence-electron chi connectivity index (χ4n) is 3.14. The molecule has 6 heteroatoms. The van der Waals surface area contributed by atoms with Crippen LogP contribution in [0.1, 0.15) is 18.9 Å². The smallest absolute Gasteiger partial charge is 0.233 e. The number of amides is 2. The molecule has 0 aromatic heterocycles. The molecular formula is C21H24FN3O2. The van der Waals surface area contributed by atoms with Gasteiger partial charge in [-0.15, -0.1) is 0 Å². The zero-order valence-corrected chi connectivity index (χ0v) is 15.5. The van der Waals surface area contributed by atoms with Crippen molar-refractivity contribution in [3.63, 3.8) is 0 Å². The maximum Gasteiger partial charge on any atom is 0.233 e. The minimum Gasteiger partial charge on any atom is -0.368 e. The number of anilines is 2. The fourth-order valence-corrected chi connectivity index (χ4v) is 3.14. The lowest BCUT2D eigenvalue weighted by Gasteiger charge is -2.36. The van der Waals surface area contributed by atoms with Gasteiger partial charge >= 0.3 is 0 Å². The molecule has 0 saturated carbocycles. The van der Waals surface area contributed by atoms with Crippen LogP contribution >= 0.6 is 0 Å². The quantitative estimate of drug-likeness (QED) is 0.824. The van der Waals surface area contributed by atoms with E-state index in [-0.39, 0.29) is 24.1 Å². The zero-order chi connectivity index (χ0) is 19.2. The molecule has 0 spiro atoms. The molecule has 1 aliphatic rings. The third-order valence-corrected chi connectivity index (χ3v) is 4.78. The average Bonchev–Trinajstić information content (AvgIpc) is 2.69. The first-order valence-electron chi connectivity index (χ1n) is 9.22. The molecule has 1 saturated heterocycles. The van der Waals surface area contributed by atoms with Crippen LogP contribution in [0.15, 0.2) is 48.5 Å². The first-order chi connectivity index (χ1) is 13.0. The van der Waals surface area contributed by atoms with E-state index in [1.807, 2.05) is 24.3 Å². The third kappa shape index (κ3) is 5.06. The molecule has 1 aliphatic heterocycles. The number of hydrogen-bond donors (Lipinski definition) is 1. The highest BCUT2D eigenvalue weighted by molar-refractivity contribution is 6.03. The van der Waals surface area contributed by atoms with Gasteiger partial charge in [0.05, 0.1) is 0 Å². The minimum absolute atomic E-state index is 0.161. The summed E-state index contributed by atoms with van der Waals surface area (Å²) in [5, 5.41) is 2.77. The van der Waals surface area contributed by atoms with Crippen LogP contribution in [-0.2, 0) is 16.0 Å². The summed E-state index contributed by atoms with van der Waals surface area (Å²) in [6.45, 7) is 4.50. The predicted octanol–water partition coefficient (Wildman–Crippen LogP) is 3.07. The van der Waals surface area contributed by atoms with E-state index < -0.39 is 0 Å². The molecule has 2 aromatic rings. The Morgan fingerprint density at radius 1 is 0.963 bits per heavy atom. The molecule has 1 N–H and O–H groups in total. The van der Waals surface area contributed by atoms with Crippen LogP contribution in [0, 0.1) is 5.82 Å². The lowest BCUT2D eigenvalue weighted by atomic mass is 10.1. The van der Waals surface area contributed by atoms with E-state index in [4.69, 9.17) is 0 Å². The van der Waals surface area contributed by atoms with Crippen molar-refractivity contribution in [2.45, 2.75) is 19.8 Å². The van der Waals surface area contributed by atoms with Crippen LogP contribution < -0.4 is 10.2 Å². The number of rotatable bonds is 5. The average molecular weight is 369 g/mol. The van der Waals surface area contributed by atoms with Gasteiger partial charge in [-0.05, 0) is 48.4 Å². The van der Waals surface area contributed by atoms with Crippen molar-refractivity contribution in [1.82, 2.24) is 4.90 Å². The monoisotopic (exact) mass is 369 g/mol. The van der Waals surface area contributed by atoms with Crippen LogP contribution in [0.2, 0.25) is 0 Å². The van der Waals surface area contributed by atoms with Gasteiger partial charge in [0.2, 0.25) is 11.8 Å². The molecular weight excluding hydrogens is 345 g/mol. The summed E-state index contributed by atoms with van der Waals surface area (Å²) in [6.07, 6.45) is 0.780. The van der Waals surface area contributed by atoms with E-state index in [0.717, 1.165) is 12.1 Å². The molecule has 142 valence electrons. The van der Waals surface area contributed by atoms with Crippen molar-refractivity contribution >= 4 is 23.2 Å². The first-order valence-corrected chi connectivity index (χ1v) is 9.22. The number of aryl methyl sites for hydroxylation is 1. The van der Waals surface area contributed by atoms with Crippen LogP contribution in [0.4, 0.5) is 15.8 Å². The lowest BCUT2D eigenvalue weighted by molar-refractivity contribution is -0.134. The molecule has 2 amide bonds. The molecule has 5 nitrogen and oxygen atoms in total. The van der Waals surface area contributed by atoms with E-state index in [1.165, 1.54) is 17.7 Å². The van der Waals surface area contributed by atoms with Crippen LogP contribution in [0.5, 0.6) is 0 Å². The van der Waals surface area contributed by atoms with Gasteiger partial charge in [0.1, 0.15) is 12.2 Å². The van der Waals surface area contributed by atoms with Gasteiger partial charge in [-0.1, -0.05) is 19.1 Å². The van der Waals surface area contributed by atoms with Crippen LogP contribution in [-0.4, -0.2) is 42.9 Å². The second-order valence-corrected chi connectivity index (χ2v) is 6.62. The largest absolute Gasteiger partial charge is 0.368 e. The highest BCUT2D eigenvalue weighted by Gasteiger charge is 2.23. The van der Waals surface area contributed by atoms with E-state index in [9.17, 15) is 14.0 Å². The van der Waals surface area contributed by atoms with E-state index >= 15 is 0 Å². The fraction of sp³-hybridized carbons (Fsp3) is 0.333. The van der Waals surface area contributed by atoms with Crippen molar-refractivity contribution in [1.29, 1.82) is 0 Å². The van der Waals surface area contributed by atoms with Crippen molar-refractivity contribution < 1.29 is 14.0 Å². The Balaban J connectivity index is 1.47. The zero-order valence-electron chi connectivity index (χ0n) is 15.5. The first kappa shape index (κ1) is 18.9. The van der Waals surface area contributed by atoms with Gasteiger partial charge in [0, 0.05) is 37.6 Å². The number of halogens is 1. The van der Waals surface area contributed by atoms with Gasteiger partial charge in [-0.2, -0.15) is 0 Å². The number of piperazine rings is 1. The number of nitrogens with one attached hydrogen (secondary N) is 1.